The number of rotatable bonds is 4. The van der Waals surface area contributed by atoms with Gasteiger partial charge in [-0.25, -0.2) is 9.18 Å². The van der Waals surface area contributed by atoms with Crippen LogP contribution in [0.4, 0.5) is 14.9 Å². The number of amides is 2. The van der Waals surface area contributed by atoms with E-state index in [-0.39, 0.29) is 28.7 Å². The Morgan fingerprint density at radius 3 is 2.37 bits per heavy atom. The number of carbonyl (C=O) groups is 2. The summed E-state index contributed by atoms with van der Waals surface area (Å²) in [6, 6.07) is 1.89. The molecule has 1 rings (SSSR count). The molecule has 0 unspecified atom stereocenters. The first kappa shape index (κ1) is 15.5. The molecule has 1 aromatic carbocycles. The number of nitrogens with one attached hydrogen (secondary N) is 1. The maximum absolute atomic E-state index is 13.2. The Hall–Kier alpha value is -1.53. The summed E-state index contributed by atoms with van der Waals surface area (Å²) in [7, 11) is 1.44. The molecule has 0 spiro atoms. The fourth-order valence-electron chi connectivity index (χ4n) is 1.21. The lowest BCUT2D eigenvalue weighted by molar-refractivity contribution is -0.137. The molecule has 0 aliphatic rings. The van der Waals surface area contributed by atoms with Crippen LogP contribution in [0.15, 0.2) is 12.1 Å². The van der Waals surface area contributed by atoms with Gasteiger partial charge in [0.15, 0.2) is 5.82 Å². The number of hydrogen-bond donors (Lipinski definition) is 2. The molecule has 0 bridgehead atoms. The Kier molecular flexibility index (Phi) is 5.38. The summed E-state index contributed by atoms with van der Waals surface area (Å²) in [5.41, 5.74) is 0.226. The van der Waals surface area contributed by atoms with Crippen molar-refractivity contribution in [2.24, 2.45) is 0 Å². The van der Waals surface area contributed by atoms with Crippen molar-refractivity contribution in [2.75, 3.05) is 18.9 Å². The van der Waals surface area contributed by atoms with E-state index in [4.69, 9.17) is 28.3 Å². The number of carbonyl (C=O) groups excluding carboxylic acids is 1. The Balaban J connectivity index is 2.69. The monoisotopic (exact) mass is 308 g/mol. The van der Waals surface area contributed by atoms with Crippen molar-refractivity contribution < 1.29 is 19.1 Å². The molecule has 104 valence electrons. The highest BCUT2D eigenvalue weighted by Gasteiger charge is 2.13. The summed E-state index contributed by atoms with van der Waals surface area (Å²) in [6.45, 7) is 0.0455. The van der Waals surface area contributed by atoms with Gasteiger partial charge in [-0.15, -0.1) is 0 Å². The van der Waals surface area contributed by atoms with Crippen molar-refractivity contribution in [3.05, 3.63) is 28.0 Å². The van der Waals surface area contributed by atoms with Crippen LogP contribution in [0.2, 0.25) is 10.0 Å². The molecular formula is C11H11Cl2FN2O3. The van der Waals surface area contributed by atoms with Gasteiger partial charge in [-0.2, -0.15) is 0 Å². The zero-order valence-corrected chi connectivity index (χ0v) is 11.4. The number of benzene rings is 1. The first-order chi connectivity index (χ1) is 8.81. The van der Waals surface area contributed by atoms with Crippen molar-refractivity contribution in [3.63, 3.8) is 0 Å². The summed E-state index contributed by atoms with van der Waals surface area (Å²) in [6.07, 6.45) is -0.172. The van der Waals surface area contributed by atoms with E-state index in [1.807, 2.05) is 0 Å². The number of nitrogens with zero attached hydrogens (tertiary/aromatic N) is 1. The minimum atomic E-state index is -1.01. The second-order valence-electron chi connectivity index (χ2n) is 3.75. The fourth-order valence-corrected chi connectivity index (χ4v) is 1.70. The van der Waals surface area contributed by atoms with Gasteiger partial charge in [-0.3, -0.25) is 4.79 Å². The molecule has 8 heteroatoms. The third-order valence-corrected chi connectivity index (χ3v) is 2.79. The molecule has 19 heavy (non-hydrogen) atoms. The Morgan fingerprint density at radius 1 is 1.37 bits per heavy atom. The van der Waals surface area contributed by atoms with Crippen LogP contribution in [0.3, 0.4) is 0 Å². The quantitative estimate of drug-likeness (QED) is 0.840. The summed E-state index contributed by atoms with van der Waals surface area (Å²) in [5.74, 6) is -1.77. The van der Waals surface area contributed by atoms with E-state index in [9.17, 15) is 14.0 Å². The summed E-state index contributed by atoms with van der Waals surface area (Å²) in [5, 5.41) is 10.5. The van der Waals surface area contributed by atoms with E-state index in [1.165, 1.54) is 24.1 Å². The van der Waals surface area contributed by atoms with Crippen LogP contribution in [0.1, 0.15) is 6.42 Å². The molecule has 0 aliphatic carbocycles. The predicted octanol–water partition coefficient (Wildman–Crippen LogP) is 3.07. The van der Waals surface area contributed by atoms with E-state index in [0.29, 0.717) is 0 Å². The number of carboxylic acid groups (broad SMARTS) is 1. The molecule has 0 radical (unpaired) electrons. The van der Waals surface area contributed by atoms with Crippen LogP contribution in [0.25, 0.3) is 0 Å². The summed E-state index contributed by atoms with van der Waals surface area (Å²) < 4.78 is 13.2. The number of aliphatic carboxylic acids is 1. The first-order valence-corrected chi connectivity index (χ1v) is 5.95. The van der Waals surface area contributed by atoms with Crippen molar-refractivity contribution in [1.29, 1.82) is 0 Å². The highest BCUT2D eigenvalue weighted by atomic mass is 35.5. The number of carboxylic acids is 1. The number of halogens is 3. The van der Waals surface area contributed by atoms with Crippen molar-refractivity contribution in [3.8, 4) is 0 Å². The molecule has 0 saturated heterocycles. The van der Waals surface area contributed by atoms with Crippen LogP contribution in [0, 0.1) is 5.82 Å². The van der Waals surface area contributed by atoms with Crippen LogP contribution < -0.4 is 5.32 Å². The zero-order chi connectivity index (χ0) is 14.6. The molecule has 2 N–H and O–H groups in total. The lowest BCUT2D eigenvalue weighted by Gasteiger charge is -2.17. The van der Waals surface area contributed by atoms with Gasteiger partial charge >= 0.3 is 12.0 Å². The van der Waals surface area contributed by atoms with E-state index >= 15 is 0 Å². The van der Waals surface area contributed by atoms with Gasteiger partial charge in [0.2, 0.25) is 0 Å². The zero-order valence-electron chi connectivity index (χ0n) is 9.91. The minimum absolute atomic E-state index is 0.0455. The molecule has 2 amide bonds. The second kappa shape index (κ2) is 6.58. The van der Waals surface area contributed by atoms with E-state index < -0.39 is 17.8 Å². The van der Waals surface area contributed by atoms with Gasteiger partial charge in [0.25, 0.3) is 0 Å². The molecule has 5 nitrogen and oxygen atoms in total. The van der Waals surface area contributed by atoms with Gasteiger partial charge in [-0.05, 0) is 12.1 Å². The summed E-state index contributed by atoms with van der Waals surface area (Å²) >= 11 is 11.2. The highest BCUT2D eigenvalue weighted by molar-refractivity contribution is 6.35. The molecule has 0 aromatic heterocycles. The SMILES string of the molecule is CN(CCC(=O)O)C(=O)Nc1cc(Cl)c(F)c(Cl)c1. The Bertz CT molecular complexity index is 488. The normalized spacial score (nSPS) is 10.1. The average molecular weight is 309 g/mol. The lowest BCUT2D eigenvalue weighted by Crippen LogP contribution is -2.33. The third-order valence-electron chi connectivity index (χ3n) is 2.24. The Morgan fingerprint density at radius 2 is 1.89 bits per heavy atom. The highest BCUT2D eigenvalue weighted by Crippen LogP contribution is 2.27. The minimum Gasteiger partial charge on any atom is -0.481 e. The van der Waals surface area contributed by atoms with E-state index in [0.717, 1.165) is 0 Å². The maximum Gasteiger partial charge on any atom is 0.321 e. The molecule has 1 aromatic rings. The predicted molar refractivity (Wildman–Crippen MR) is 70.3 cm³/mol. The number of anilines is 1. The van der Waals surface area contributed by atoms with Crippen LogP contribution in [0.5, 0.6) is 0 Å². The van der Waals surface area contributed by atoms with E-state index in [1.54, 1.807) is 0 Å². The topological polar surface area (TPSA) is 69.6 Å². The maximum atomic E-state index is 13.2. The standard InChI is InChI=1S/C11H11Cl2FN2O3/c1-16(3-2-9(17)18)11(19)15-6-4-7(12)10(14)8(13)5-6/h4-5H,2-3H2,1H3,(H,15,19)(H,17,18). The van der Waals surface area contributed by atoms with E-state index in [2.05, 4.69) is 5.32 Å². The molecule has 0 saturated carbocycles. The molecule has 0 atom stereocenters. The van der Waals surface area contributed by atoms with Gasteiger partial charge in [0.1, 0.15) is 0 Å². The number of hydrogen-bond acceptors (Lipinski definition) is 2. The molecule has 0 heterocycles. The van der Waals surface area contributed by atoms with Crippen molar-refractivity contribution in [1.82, 2.24) is 4.90 Å². The third kappa shape index (κ3) is 4.57. The molecule has 0 fully saturated rings. The van der Waals surface area contributed by atoms with Gasteiger partial charge in [0, 0.05) is 19.3 Å². The van der Waals surface area contributed by atoms with Crippen LogP contribution in [-0.2, 0) is 4.79 Å². The Labute approximate surface area is 118 Å². The lowest BCUT2D eigenvalue weighted by atomic mass is 10.3. The largest absolute Gasteiger partial charge is 0.481 e. The number of urea groups is 1. The summed E-state index contributed by atoms with van der Waals surface area (Å²) in [4.78, 5) is 23.2. The van der Waals surface area contributed by atoms with Gasteiger partial charge < -0.3 is 15.3 Å². The van der Waals surface area contributed by atoms with Gasteiger partial charge in [0.05, 0.1) is 16.5 Å². The van der Waals surface area contributed by atoms with Gasteiger partial charge in [-0.1, -0.05) is 23.2 Å². The molecular weight excluding hydrogens is 298 g/mol. The fraction of sp³-hybridized carbons (Fsp3) is 0.273. The molecule has 0 aliphatic heterocycles. The van der Waals surface area contributed by atoms with Crippen molar-refractivity contribution in [2.45, 2.75) is 6.42 Å². The van der Waals surface area contributed by atoms with Crippen LogP contribution >= 0.6 is 23.2 Å². The van der Waals surface area contributed by atoms with Crippen molar-refractivity contribution >= 4 is 40.9 Å². The average Bonchev–Trinajstić information content (AvgIpc) is 2.32. The smallest absolute Gasteiger partial charge is 0.321 e. The second-order valence-corrected chi connectivity index (χ2v) is 4.56. The first-order valence-electron chi connectivity index (χ1n) is 5.19. The van der Waals surface area contributed by atoms with Crippen LogP contribution in [-0.4, -0.2) is 35.6 Å².